The summed E-state index contributed by atoms with van der Waals surface area (Å²) < 4.78 is 26.2. The summed E-state index contributed by atoms with van der Waals surface area (Å²) in [6.07, 6.45) is 3.44. The van der Waals surface area contributed by atoms with Crippen molar-refractivity contribution in [1.82, 2.24) is 4.90 Å². The first-order chi connectivity index (χ1) is 14.0. The number of carbonyl (C=O) groups is 1. The SMILES string of the molecule is CCOc1ccc(C2=CC3(CCN(CC(=O)O)CC3)Oc3ccccc32)cc1F.Cl. The normalized spacial score (nSPS) is 17.3. The van der Waals surface area contributed by atoms with E-state index >= 15 is 0 Å². The van der Waals surface area contributed by atoms with Crippen molar-refractivity contribution in [1.29, 1.82) is 0 Å². The zero-order valence-electron chi connectivity index (χ0n) is 16.8. The topological polar surface area (TPSA) is 59.0 Å². The largest absolute Gasteiger partial charge is 0.491 e. The van der Waals surface area contributed by atoms with Gasteiger partial charge in [-0.25, -0.2) is 4.39 Å². The maximum absolute atomic E-state index is 14.5. The number of piperidine rings is 1. The number of halogens is 2. The molecule has 4 rings (SSSR count). The van der Waals surface area contributed by atoms with Crippen LogP contribution < -0.4 is 9.47 Å². The van der Waals surface area contributed by atoms with Crippen LogP contribution in [0.1, 0.15) is 30.9 Å². The molecule has 0 aliphatic carbocycles. The number of carboxylic acids is 1. The average Bonchev–Trinajstić information content (AvgIpc) is 2.71. The predicted octanol–water partition coefficient (Wildman–Crippen LogP) is 4.39. The number of ether oxygens (including phenoxy) is 2. The number of aliphatic carboxylic acids is 1. The number of rotatable bonds is 5. The Labute approximate surface area is 181 Å². The molecule has 160 valence electrons. The van der Waals surface area contributed by atoms with Crippen LogP contribution in [0.3, 0.4) is 0 Å². The summed E-state index contributed by atoms with van der Waals surface area (Å²) in [7, 11) is 0. The molecule has 7 heteroatoms. The first-order valence-electron chi connectivity index (χ1n) is 9.88. The summed E-state index contributed by atoms with van der Waals surface area (Å²) >= 11 is 0. The highest BCUT2D eigenvalue weighted by Crippen LogP contribution is 2.43. The average molecular weight is 434 g/mol. The standard InChI is InChI=1S/C23H24FNO4.ClH/c1-2-28-21-8-7-16(13-19(21)24)18-14-23(29-20-6-4-3-5-17(18)20)9-11-25(12-10-23)15-22(26)27;/h3-8,13-14H,2,9-12,15H2,1H3,(H,26,27);1H. The van der Waals surface area contributed by atoms with Crippen molar-refractivity contribution in [3.8, 4) is 11.5 Å². The van der Waals surface area contributed by atoms with E-state index in [9.17, 15) is 9.18 Å². The van der Waals surface area contributed by atoms with Crippen LogP contribution in [-0.4, -0.2) is 47.8 Å². The third-order valence-corrected chi connectivity index (χ3v) is 5.50. The molecule has 0 amide bonds. The van der Waals surface area contributed by atoms with Gasteiger partial charge in [0.1, 0.15) is 11.4 Å². The fraction of sp³-hybridized carbons (Fsp3) is 0.348. The second-order valence-electron chi connectivity index (χ2n) is 7.47. The van der Waals surface area contributed by atoms with Crippen molar-refractivity contribution in [3.05, 3.63) is 65.5 Å². The maximum Gasteiger partial charge on any atom is 0.317 e. The van der Waals surface area contributed by atoms with E-state index in [2.05, 4.69) is 6.08 Å². The zero-order valence-corrected chi connectivity index (χ0v) is 17.6. The molecule has 0 radical (unpaired) electrons. The van der Waals surface area contributed by atoms with Crippen molar-refractivity contribution < 1.29 is 23.8 Å². The Balaban J connectivity index is 0.00000256. The molecule has 2 aliphatic heterocycles. The highest BCUT2D eigenvalue weighted by atomic mass is 35.5. The molecular weight excluding hydrogens is 409 g/mol. The van der Waals surface area contributed by atoms with Crippen LogP contribution in [0.2, 0.25) is 0 Å². The molecule has 0 bridgehead atoms. The highest BCUT2D eigenvalue weighted by molar-refractivity contribution is 5.85. The van der Waals surface area contributed by atoms with Gasteiger partial charge in [0.05, 0.1) is 13.2 Å². The monoisotopic (exact) mass is 433 g/mol. The third kappa shape index (κ3) is 4.45. The first kappa shape index (κ1) is 22.1. The van der Waals surface area contributed by atoms with E-state index in [-0.39, 0.29) is 30.5 Å². The summed E-state index contributed by atoms with van der Waals surface area (Å²) in [5, 5.41) is 9.04. The van der Waals surface area contributed by atoms with E-state index < -0.39 is 11.6 Å². The Morgan fingerprint density at radius 1 is 1.23 bits per heavy atom. The van der Waals surface area contributed by atoms with Gasteiger partial charge < -0.3 is 14.6 Å². The van der Waals surface area contributed by atoms with Crippen LogP contribution >= 0.6 is 12.4 Å². The number of para-hydroxylation sites is 1. The van der Waals surface area contributed by atoms with Crippen LogP contribution in [0.4, 0.5) is 4.39 Å². The molecule has 2 aliphatic rings. The number of hydrogen-bond acceptors (Lipinski definition) is 4. The van der Waals surface area contributed by atoms with Crippen LogP contribution in [0.15, 0.2) is 48.5 Å². The molecule has 1 saturated heterocycles. The molecule has 2 aromatic carbocycles. The van der Waals surface area contributed by atoms with Crippen LogP contribution in [0, 0.1) is 5.82 Å². The van der Waals surface area contributed by atoms with E-state index in [1.807, 2.05) is 42.2 Å². The molecule has 0 saturated carbocycles. The Morgan fingerprint density at radius 2 is 1.97 bits per heavy atom. The second kappa shape index (κ2) is 9.06. The number of benzene rings is 2. The van der Waals surface area contributed by atoms with Gasteiger partial charge in [0.25, 0.3) is 0 Å². The van der Waals surface area contributed by atoms with Crippen LogP contribution in [0.5, 0.6) is 11.5 Å². The van der Waals surface area contributed by atoms with Gasteiger partial charge in [-0.1, -0.05) is 24.3 Å². The fourth-order valence-electron chi connectivity index (χ4n) is 4.07. The summed E-state index contributed by atoms with van der Waals surface area (Å²) in [5.41, 5.74) is 2.11. The lowest BCUT2D eigenvalue weighted by Crippen LogP contribution is -2.49. The number of likely N-dealkylation sites (tertiary alicyclic amines) is 1. The summed E-state index contributed by atoms with van der Waals surface area (Å²) in [6.45, 7) is 3.54. The molecule has 1 spiro atoms. The van der Waals surface area contributed by atoms with Crippen molar-refractivity contribution in [2.45, 2.75) is 25.4 Å². The van der Waals surface area contributed by atoms with Gasteiger partial charge in [0, 0.05) is 31.5 Å². The fourth-order valence-corrected chi connectivity index (χ4v) is 4.07. The van der Waals surface area contributed by atoms with Crippen molar-refractivity contribution in [2.75, 3.05) is 26.2 Å². The Bertz CT molecular complexity index is 954. The molecule has 2 heterocycles. The minimum Gasteiger partial charge on any atom is -0.491 e. The molecule has 0 unspecified atom stereocenters. The van der Waals surface area contributed by atoms with Crippen molar-refractivity contribution in [2.24, 2.45) is 0 Å². The van der Waals surface area contributed by atoms with Crippen LogP contribution in [-0.2, 0) is 4.79 Å². The molecule has 1 N–H and O–H groups in total. The van der Waals surface area contributed by atoms with Gasteiger partial charge in [-0.15, -0.1) is 12.4 Å². The minimum absolute atomic E-state index is 0. The Kier molecular flexibility index (Phi) is 6.68. The lowest BCUT2D eigenvalue weighted by atomic mass is 9.83. The van der Waals surface area contributed by atoms with E-state index in [0.717, 1.165) is 22.4 Å². The van der Waals surface area contributed by atoms with E-state index in [4.69, 9.17) is 14.6 Å². The first-order valence-corrected chi connectivity index (χ1v) is 9.88. The van der Waals surface area contributed by atoms with Gasteiger partial charge >= 0.3 is 5.97 Å². The van der Waals surface area contributed by atoms with Crippen molar-refractivity contribution in [3.63, 3.8) is 0 Å². The maximum atomic E-state index is 14.5. The lowest BCUT2D eigenvalue weighted by Gasteiger charge is -2.42. The molecule has 5 nitrogen and oxygen atoms in total. The third-order valence-electron chi connectivity index (χ3n) is 5.50. The van der Waals surface area contributed by atoms with Gasteiger partial charge in [-0.3, -0.25) is 9.69 Å². The van der Waals surface area contributed by atoms with Gasteiger partial charge in [0.2, 0.25) is 0 Å². The van der Waals surface area contributed by atoms with E-state index in [1.54, 1.807) is 6.07 Å². The molecular formula is C23H25ClFNO4. The Hall–Kier alpha value is -2.57. The summed E-state index contributed by atoms with van der Waals surface area (Å²) in [6, 6.07) is 12.8. The molecule has 2 aromatic rings. The minimum atomic E-state index is -0.822. The number of carboxylic acid groups (broad SMARTS) is 1. The van der Waals surface area contributed by atoms with E-state index in [1.165, 1.54) is 6.07 Å². The number of nitrogens with zero attached hydrogens (tertiary/aromatic N) is 1. The van der Waals surface area contributed by atoms with Crippen LogP contribution in [0.25, 0.3) is 5.57 Å². The molecule has 0 atom stereocenters. The molecule has 30 heavy (non-hydrogen) atoms. The smallest absolute Gasteiger partial charge is 0.317 e. The number of fused-ring (bicyclic) bond motifs is 1. The molecule has 1 fully saturated rings. The van der Waals surface area contributed by atoms with Crippen molar-refractivity contribution >= 4 is 23.9 Å². The Morgan fingerprint density at radius 3 is 2.63 bits per heavy atom. The zero-order chi connectivity index (χ0) is 20.4. The number of hydrogen-bond donors (Lipinski definition) is 1. The second-order valence-corrected chi connectivity index (χ2v) is 7.47. The highest BCUT2D eigenvalue weighted by Gasteiger charge is 2.39. The predicted molar refractivity (Wildman–Crippen MR) is 115 cm³/mol. The summed E-state index contributed by atoms with van der Waals surface area (Å²) in [4.78, 5) is 12.9. The molecule has 0 aromatic heterocycles. The van der Waals surface area contributed by atoms with Gasteiger partial charge in [-0.05, 0) is 42.3 Å². The quantitative estimate of drug-likeness (QED) is 0.757. The summed E-state index contributed by atoms with van der Waals surface area (Å²) in [5.74, 6) is -0.198. The van der Waals surface area contributed by atoms with Gasteiger partial charge in [-0.2, -0.15) is 0 Å². The van der Waals surface area contributed by atoms with Gasteiger partial charge in [0.15, 0.2) is 11.6 Å². The lowest BCUT2D eigenvalue weighted by molar-refractivity contribution is -0.139. The van der Waals surface area contributed by atoms with E-state index in [0.29, 0.717) is 32.5 Å².